The van der Waals surface area contributed by atoms with E-state index >= 15 is 0 Å². The topological polar surface area (TPSA) is 77.8 Å². The summed E-state index contributed by atoms with van der Waals surface area (Å²) in [4.78, 5) is 23.4. The Bertz CT molecular complexity index is 243. The molecule has 0 fully saturated rings. The first kappa shape index (κ1) is 15.9. The number of nitrogens with zero attached hydrogens (tertiary/aromatic N) is 1. The van der Waals surface area contributed by atoms with Gasteiger partial charge in [0.25, 0.3) is 0 Å². The van der Waals surface area contributed by atoms with Gasteiger partial charge in [-0.2, -0.15) is 0 Å². The van der Waals surface area contributed by atoms with Crippen LogP contribution in [0.3, 0.4) is 0 Å². The van der Waals surface area contributed by atoms with Crippen molar-refractivity contribution in [3.63, 3.8) is 0 Å². The van der Waals surface area contributed by atoms with Crippen LogP contribution in [0.5, 0.6) is 0 Å². The van der Waals surface area contributed by atoms with Crippen molar-refractivity contribution in [1.29, 1.82) is 0 Å². The monoisotopic (exact) mass is 245 g/mol. The third kappa shape index (κ3) is 6.94. The van der Waals surface area contributed by atoms with Gasteiger partial charge in [-0.25, -0.2) is 0 Å². The van der Waals surface area contributed by atoms with Crippen LogP contribution < -0.4 is 0 Å². The van der Waals surface area contributed by atoms with Crippen LogP contribution in [0.1, 0.15) is 46.0 Å². The second kappa shape index (κ2) is 8.98. The number of hydrogen-bond donors (Lipinski definition) is 2. The molecule has 0 saturated heterocycles. The van der Waals surface area contributed by atoms with E-state index in [1.807, 2.05) is 6.92 Å². The molecule has 0 aliphatic rings. The van der Waals surface area contributed by atoms with Crippen molar-refractivity contribution < 1.29 is 19.8 Å². The number of hydrogen-bond acceptors (Lipinski definition) is 3. The van der Waals surface area contributed by atoms with Gasteiger partial charge >= 0.3 is 11.9 Å². The molecule has 5 nitrogen and oxygen atoms in total. The van der Waals surface area contributed by atoms with Gasteiger partial charge in [0.05, 0.1) is 6.42 Å². The zero-order chi connectivity index (χ0) is 13.3. The minimum absolute atomic E-state index is 0.00406. The van der Waals surface area contributed by atoms with E-state index in [4.69, 9.17) is 10.2 Å². The fraction of sp³-hybridized carbons (Fsp3) is 0.833. The van der Waals surface area contributed by atoms with E-state index in [1.54, 1.807) is 4.90 Å². The standard InChI is InChI=1S/C12H23NO4/c1-3-5-6-8-13(9-7-11(14)15)10(4-2)12(16)17/h10H,3-9H2,1-2H3,(H,14,15)(H,16,17). The van der Waals surface area contributed by atoms with Crippen molar-refractivity contribution in [2.45, 2.75) is 52.0 Å². The first-order valence-corrected chi connectivity index (χ1v) is 6.21. The van der Waals surface area contributed by atoms with Crippen molar-refractivity contribution >= 4 is 11.9 Å². The molecule has 1 atom stereocenters. The van der Waals surface area contributed by atoms with Crippen molar-refractivity contribution in [3.8, 4) is 0 Å². The SMILES string of the molecule is CCCCCN(CCC(=O)O)C(CC)C(=O)O. The molecule has 0 aromatic rings. The highest BCUT2D eigenvalue weighted by atomic mass is 16.4. The molecule has 0 aromatic heterocycles. The van der Waals surface area contributed by atoms with E-state index in [1.165, 1.54) is 0 Å². The minimum atomic E-state index is -0.884. The largest absolute Gasteiger partial charge is 0.481 e. The quantitative estimate of drug-likeness (QED) is 0.574. The van der Waals surface area contributed by atoms with E-state index in [9.17, 15) is 9.59 Å². The van der Waals surface area contributed by atoms with E-state index in [-0.39, 0.29) is 6.42 Å². The van der Waals surface area contributed by atoms with Crippen LogP contribution >= 0.6 is 0 Å². The summed E-state index contributed by atoms with van der Waals surface area (Å²) in [5.74, 6) is -1.75. The van der Waals surface area contributed by atoms with Crippen LogP contribution in [-0.4, -0.2) is 46.2 Å². The predicted octanol–water partition coefficient (Wildman–Crippen LogP) is 1.82. The van der Waals surface area contributed by atoms with Gasteiger partial charge in [0, 0.05) is 6.54 Å². The normalized spacial score (nSPS) is 12.6. The molecule has 17 heavy (non-hydrogen) atoms. The molecule has 0 aromatic carbocycles. The molecule has 0 heterocycles. The zero-order valence-corrected chi connectivity index (χ0v) is 10.7. The summed E-state index contributed by atoms with van der Waals surface area (Å²) in [5, 5.41) is 17.7. The van der Waals surface area contributed by atoms with Crippen LogP contribution in [0.15, 0.2) is 0 Å². The molecule has 0 rings (SSSR count). The van der Waals surface area contributed by atoms with Gasteiger partial charge in [0.15, 0.2) is 0 Å². The molecular formula is C12H23NO4. The highest BCUT2D eigenvalue weighted by Crippen LogP contribution is 2.08. The molecular weight excluding hydrogens is 222 g/mol. The number of carbonyl (C=O) groups is 2. The Morgan fingerprint density at radius 2 is 1.76 bits per heavy atom. The molecule has 0 amide bonds. The Kier molecular flexibility index (Phi) is 8.40. The lowest BCUT2D eigenvalue weighted by Crippen LogP contribution is -2.42. The van der Waals surface area contributed by atoms with Gasteiger partial charge in [-0.1, -0.05) is 26.7 Å². The average Bonchev–Trinajstić information content (AvgIpc) is 2.25. The van der Waals surface area contributed by atoms with Crippen LogP contribution in [0.25, 0.3) is 0 Å². The second-order valence-corrected chi connectivity index (χ2v) is 4.15. The summed E-state index contributed by atoms with van der Waals surface area (Å²) in [6.07, 6.45) is 3.52. The maximum atomic E-state index is 11.1. The lowest BCUT2D eigenvalue weighted by atomic mass is 10.1. The van der Waals surface area contributed by atoms with E-state index in [0.717, 1.165) is 19.3 Å². The van der Waals surface area contributed by atoms with Gasteiger partial charge in [0.1, 0.15) is 6.04 Å². The van der Waals surface area contributed by atoms with Crippen LogP contribution in [-0.2, 0) is 9.59 Å². The first-order chi connectivity index (χ1) is 8.02. The molecule has 0 bridgehead atoms. The number of carboxylic acids is 2. The van der Waals surface area contributed by atoms with E-state index < -0.39 is 18.0 Å². The lowest BCUT2D eigenvalue weighted by Gasteiger charge is -2.27. The van der Waals surface area contributed by atoms with Crippen molar-refractivity contribution in [2.75, 3.05) is 13.1 Å². The fourth-order valence-electron chi connectivity index (χ4n) is 1.82. The number of carboxylic acid groups (broad SMARTS) is 2. The Morgan fingerprint density at radius 3 is 2.18 bits per heavy atom. The Labute approximate surface area is 102 Å². The van der Waals surface area contributed by atoms with E-state index in [0.29, 0.717) is 19.5 Å². The lowest BCUT2D eigenvalue weighted by molar-refractivity contribution is -0.145. The predicted molar refractivity (Wildman–Crippen MR) is 65.1 cm³/mol. The van der Waals surface area contributed by atoms with Gasteiger partial charge < -0.3 is 10.2 Å². The van der Waals surface area contributed by atoms with Gasteiger partial charge in [-0.05, 0) is 19.4 Å². The van der Waals surface area contributed by atoms with Crippen LogP contribution in [0, 0.1) is 0 Å². The molecule has 0 aliphatic heterocycles. The molecule has 0 spiro atoms. The summed E-state index contributed by atoms with van der Waals surface area (Å²) >= 11 is 0. The minimum Gasteiger partial charge on any atom is -0.481 e. The molecule has 0 aliphatic carbocycles. The molecule has 5 heteroatoms. The smallest absolute Gasteiger partial charge is 0.320 e. The Balaban J connectivity index is 4.35. The van der Waals surface area contributed by atoms with Gasteiger partial charge in [-0.15, -0.1) is 0 Å². The number of aliphatic carboxylic acids is 2. The number of unbranched alkanes of at least 4 members (excludes halogenated alkanes) is 2. The van der Waals surface area contributed by atoms with Crippen LogP contribution in [0.4, 0.5) is 0 Å². The van der Waals surface area contributed by atoms with Gasteiger partial charge in [-0.3, -0.25) is 14.5 Å². The van der Waals surface area contributed by atoms with Crippen molar-refractivity contribution in [2.24, 2.45) is 0 Å². The van der Waals surface area contributed by atoms with Gasteiger partial charge in [0.2, 0.25) is 0 Å². The molecule has 2 N–H and O–H groups in total. The summed E-state index contributed by atoms with van der Waals surface area (Å²) in [5.41, 5.74) is 0. The zero-order valence-electron chi connectivity index (χ0n) is 10.7. The number of rotatable bonds is 10. The summed E-state index contributed by atoms with van der Waals surface area (Å²) in [7, 11) is 0. The maximum Gasteiger partial charge on any atom is 0.320 e. The molecule has 0 radical (unpaired) electrons. The summed E-state index contributed by atoms with van der Waals surface area (Å²) in [6, 6.07) is -0.564. The Morgan fingerprint density at radius 1 is 1.12 bits per heavy atom. The summed E-state index contributed by atoms with van der Waals surface area (Å²) in [6.45, 7) is 4.86. The highest BCUT2D eigenvalue weighted by Gasteiger charge is 2.23. The maximum absolute atomic E-state index is 11.1. The third-order valence-corrected chi connectivity index (χ3v) is 2.77. The second-order valence-electron chi connectivity index (χ2n) is 4.15. The van der Waals surface area contributed by atoms with E-state index in [2.05, 4.69) is 6.92 Å². The van der Waals surface area contributed by atoms with Crippen LogP contribution in [0.2, 0.25) is 0 Å². The van der Waals surface area contributed by atoms with Crippen molar-refractivity contribution in [1.82, 2.24) is 4.90 Å². The average molecular weight is 245 g/mol. The Hall–Kier alpha value is -1.10. The molecule has 0 saturated carbocycles. The van der Waals surface area contributed by atoms with Crippen molar-refractivity contribution in [3.05, 3.63) is 0 Å². The molecule has 100 valence electrons. The molecule has 1 unspecified atom stereocenters. The summed E-state index contributed by atoms with van der Waals surface area (Å²) < 4.78 is 0. The third-order valence-electron chi connectivity index (χ3n) is 2.77. The highest BCUT2D eigenvalue weighted by molar-refractivity contribution is 5.73. The first-order valence-electron chi connectivity index (χ1n) is 6.21. The fourth-order valence-corrected chi connectivity index (χ4v) is 1.82.